The van der Waals surface area contributed by atoms with Crippen LogP contribution in [-0.4, -0.2) is 57.6 Å². The van der Waals surface area contributed by atoms with Crippen molar-refractivity contribution in [2.24, 2.45) is 0 Å². The lowest BCUT2D eigenvalue weighted by molar-refractivity contribution is -0.150. The van der Waals surface area contributed by atoms with Crippen LogP contribution in [0.25, 0.3) is 11.1 Å². The van der Waals surface area contributed by atoms with Crippen molar-refractivity contribution in [2.45, 2.75) is 32.4 Å². The van der Waals surface area contributed by atoms with Gasteiger partial charge in [0.1, 0.15) is 11.9 Å². The molecule has 7 heteroatoms. The molecule has 0 aliphatic carbocycles. The van der Waals surface area contributed by atoms with Crippen molar-refractivity contribution in [2.75, 3.05) is 20.1 Å². The molecular weight excluding hydrogens is 407 g/mol. The van der Waals surface area contributed by atoms with Gasteiger partial charge < -0.3 is 9.80 Å². The molecule has 166 valence electrons. The Labute approximate surface area is 187 Å². The first-order valence-corrected chi connectivity index (χ1v) is 10.8. The molecule has 1 atom stereocenters. The summed E-state index contributed by atoms with van der Waals surface area (Å²) in [6.07, 6.45) is 2.41. The molecule has 0 radical (unpaired) electrons. The first kappa shape index (κ1) is 21.7. The van der Waals surface area contributed by atoms with E-state index in [0.717, 1.165) is 22.4 Å². The number of amides is 2. The molecule has 4 rings (SSSR count). The van der Waals surface area contributed by atoms with E-state index in [0.29, 0.717) is 26.1 Å². The van der Waals surface area contributed by atoms with Crippen LogP contribution in [0.15, 0.2) is 60.8 Å². The third-order valence-electron chi connectivity index (χ3n) is 6.09. The molecule has 2 amide bonds. The molecule has 0 unspecified atom stereocenters. The lowest BCUT2D eigenvalue weighted by atomic mass is 9.93. The van der Waals surface area contributed by atoms with Crippen LogP contribution in [-0.2, 0) is 22.6 Å². The van der Waals surface area contributed by atoms with Gasteiger partial charge in [-0.15, -0.1) is 0 Å². The van der Waals surface area contributed by atoms with Gasteiger partial charge in [-0.1, -0.05) is 36.4 Å². The smallest absolute Gasteiger partial charge is 0.245 e. The van der Waals surface area contributed by atoms with Crippen LogP contribution in [0.2, 0.25) is 0 Å². The maximum atomic E-state index is 13.4. The molecule has 1 aliphatic rings. The Kier molecular flexibility index (Phi) is 6.35. The highest BCUT2D eigenvalue weighted by Crippen LogP contribution is 2.27. The Balaban J connectivity index is 1.57. The van der Waals surface area contributed by atoms with Crippen LogP contribution in [0.3, 0.4) is 0 Å². The van der Waals surface area contributed by atoms with Gasteiger partial charge in [-0.05, 0) is 41.8 Å². The third-order valence-corrected chi connectivity index (χ3v) is 6.09. The highest BCUT2D eigenvalue weighted by atomic mass is 19.1. The number of likely N-dealkylation sites (N-methyl/N-ethyl adjacent to an activating group) is 1. The number of aryl methyl sites for hydroxylation is 2. The molecule has 32 heavy (non-hydrogen) atoms. The number of aromatic nitrogens is 2. The molecule has 1 saturated heterocycles. The van der Waals surface area contributed by atoms with E-state index in [-0.39, 0.29) is 24.1 Å². The quantitative estimate of drug-likeness (QED) is 0.598. The van der Waals surface area contributed by atoms with Crippen LogP contribution in [0.5, 0.6) is 0 Å². The van der Waals surface area contributed by atoms with Gasteiger partial charge in [0.15, 0.2) is 0 Å². The summed E-state index contributed by atoms with van der Waals surface area (Å²) in [5.74, 6) is -0.404. The predicted molar refractivity (Wildman–Crippen MR) is 120 cm³/mol. The number of carbonyl (C=O) groups excluding carboxylic acids is 2. The van der Waals surface area contributed by atoms with E-state index in [2.05, 4.69) is 5.10 Å². The Morgan fingerprint density at radius 3 is 2.56 bits per heavy atom. The van der Waals surface area contributed by atoms with Crippen LogP contribution < -0.4 is 0 Å². The lowest BCUT2D eigenvalue weighted by Gasteiger charge is -2.39. The van der Waals surface area contributed by atoms with Crippen LogP contribution in [0.4, 0.5) is 4.39 Å². The number of hydrogen-bond donors (Lipinski definition) is 0. The molecule has 0 saturated carbocycles. The second-order valence-corrected chi connectivity index (χ2v) is 8.18. The fraction of sp³-hybridized carbons (Fsp3) is 0.320. The molecule has 0 bridgehead atoms. The number of nitrogens with zero attached hydrogens (tertiary/aromatic N) is 4. The predicted octanol–water partition coefficient (Wildman–Crippen LogP) is 3.30. The summed E-state index contributed by atoms with van der Waals surface area (Å²) in [6, 6.07) is 15.4. The van der Waals surface area contributed by atoms with E-state index in [9.17, 15) is 14.0 Å². The van der Waals surface area contributed by atoms with E-state index in [1.807, 2.05) is 37.3 Å². The minimum atomic E-state index is -0.568. The molecule has 1 aliphatic heterocycles. The second-order valence-electron chi connectivity index (χ2n) is 8.18. The average molecular weight is 435 g/mol. The highest BCUT2D eigenvalue weighted by molar-refractivity contribution is 5.89. The summed E-state index contributed by atoms with van der Waals surface area (Å²) in [5, 5.41) is 4.24. The zero-order valence-electron chi connectivity index (χ0n) is 18.4. The molecule has 1 fully saturated rings. The Hall–Kier alpha value is -3.48. The molecule has 2 aromatic carbocycles. The molecular formula is C25H27FN4O2. The summed E-state index contributed by atoms with van der Waals surface area (Å²) in [6.45, 7) is 3.45. The number of halogens is 1. The van der Waals surface area contributed by atoms with E-state index in [1.165, 1.54) is 12.1 Å². The summed E-state index contributed by atoms with van der Waals surface area (Å²) >= 11 is 0. The second kappa shape index (κ2) is 9.34. The van der Waals surface area contributed by atoms with E-state index in [4.69, 9.17) is 0 Å². The van der Waals surface area contributed by atoms with Gasteiger partial charge in [0.2, 0.25) is 11.8 Å². The van der Waals surface area contributed by atoms with Crippen molar-refractivity contribution in [1.29, 1.82) is 0 Å². The first-order valence-electron chi connectivity index (χ1n) is 10.8. The Morgan fingerprint density at radius 1 is 1.09 bits per heavy atom. The van der Waals surface area contributed by atoms with Crippen LogP contribution >= 0.6 is 0 Å². The summed E-state index contributed by atoms with van der Waals surface area (Å²) < 4.78 is 15.2. The SMILES string of the molecule is Cc1ccnn1CCC(=O)N1CCN(C)C(=O)[C@@H]1Cc1ccccc1-c1ccc(F)cc1. The van der Waals surface area contributed by atoms with Gasteiger partial charge >= 0.3 is 0 Å². The Morgan fingerprint density at radius 2 is 1.84 bits per heavy atom. The fourth-order valence-electron chi connectivity index (χ4n) is 4.20. The van der Waals surface area contributed by atoms with E-state index < -0.39 is 6.04 Å². The van der Waals surface area contributed by atoms with Crippen molar-refractivity contribution < 1.29 is 14.0 Å². The van der Waals surface area contributed by atoms with Gasteiger partial charge in [-0.25, -0.2) is 4.39 Å². The highest BCUT2D eigenvalue weighted by Gasteiger charge is 2.36. The molecule has 2 heterocycles. The largest absolute Gasteiger partial charge is 0.342 e. The van der Waals surface area contributed by atoms with Gasteiger partial charge in [0.05, 0.1) is 0 Å². The van der Waals surface area contributed by atoms with Gasteiger partial charge in [-0.3, -0.25) is 14.3 Å². The number of benzene rings is 2. The number of rotatable bonds is 6. The fourth-order valence-corrected chi connectivity index (χ4v) is 4.20. The average Bonchev–Trinajstić information content (AvgIpc) is 3.21. The lowest BCUT2D eigenvalue weighted by Crippen LogP contribution is -2.58. The molecule has 0 N–H and O–H groups in total. The number of hydrogen-bond acceptors (Lipinski definition) is 3. The van der Waals surface area contributed by atoms with E-state index >= 15 is 0 Å². The van der Waals surface area contributed by atoms with Gasteiger partial charge in [0.25, 0.3) is 0 Å². The van der Waals surface area contributed by atoms with Crippen molar-refractivity contribution >= 4 is 11.8 Å². The van der Waals surface area contributed by atoms with Gasteiger partial charge in [-0.2, -0.15) is 5.10 Å². The van der Waals surface area contributed by atoms with E-state index in [1.54, 1.807) is 39.9 Å². The van der Waals surface area contributed by atoms with Crippen LogP contribution in [0, 0.1) is 12.7 Å². The van der Waals surface area contributed by atoms with Crippen molar-refractivity contribution in [3.63, 3.8) is 0 Å². The number of piperazine rings is 1. The standard InChI is InChI=1S/C25H27FN4O2/c1-18-11-13-27-30(18)14-12-24(31)29-16-15-28(2)25(32)23(29)17-20-5-3-4-6-22(20)19-7-9-21(26)10-8-19/h3-11,13,23H,12,14-17H2,1-2H3/t23-/m0/s1. The maximum Gasteiger partial charge on any atom is 0.245 e. The topological polar surface area (TPSA) is 58.4 Å². The summed E-state index contributed by atoms with van der Waals surface area (Å²) in [4.78, 5) is 29.6. The monoisotopic (exact) mass is 434 g/mol. The minimum absolute atomic E-state index is 0.0504. The minimum Gasteiger partial charge on any atom is -0.342 e. The zero-order valence-corrected chi connectivity index (χ0v) is 18.4. The maximum absolute atomic E-state index is 13.4. The normalized spacial score (nSPS) is 16.5. The first-order chi connectivity index (χ1) is 15.4. The van der Waals surface area contributed by atoms with Crippen LogP contribution in [0.1, 0.15) is 17.7 Å². The summed E-state index contributed by atoms with van der Waals surface area (Å²) in [7, 11) is 1.77. The van der Waals surface area contributed by atoms with Gasteiger partial charge in [0, 0.05) is 51.4 Å². The third kappa shape index (κ3) is 4.56. The molecule has 6 nitrogen and oxygen atoms in total. The van der Waals surface area contributed by atoms with Crippen molar-refractivity contribution in [1.82, 2.24) is 19.6 Å². The molecule has 1 aromatic heterocycles. The van der Waals surface area contributed by atoms with Crippen molar-refractivity contribution in [3.05, 3.63) is 77.9 Å². The zero-order chi connectivity index (χ0) is 22.7. The molecule has 3 aromatic rings. The molecule has 0 spiro atoms. The Bertz CT molecular complexity index is 1110. The van der Waals surface area contributed by atoms with Crippen molar-refractivity contribution in [3.8, 4) is 11.1 Å². The number of carbonyl (C=O) groups is 2. The summed E-state index contributed by atoms with van der Waals surface area (Å²) in [5.41, 5.74) is 3.77.